The largest absolute Gasteiger partial charge is 0.334 e. The summed E-state index contributed by atoms with van der Waals surface area (Å²) in [5.74, 6) is 0. The van der Waals surface area contributed by atoms with Crippen molar-refractivity contribution in [2.45, 2.75) is 33.4 Å². The fraction of sp³-hybridized carbons (Fsp3) is 0.333. The molecule has 8 nitrogen and oxygen atoms in total. The van der Waals surface area contributed by atoms with Crippen molar-refractivity contribution in [2.24, 2.45) is 0 Å². The summed E-state index contributed by atoms with van der Waals surface area (Å²) in [5, 5.41) is 11.5. The quantitative estimate of drug-likeness (QED) is 0.753. The Morgan fingerprint density at radius 3 is 2.92 bits per heavy atom. The number of rotatable bonds is 4. The molecule has 0 aliphatic rings. The molecule has 0 aliphatic heterocycles. The minimum atomic E-state index is -0.446. The molecule has 126 valence electrons. The first kappa shape index (κ1) is 16.2. The van der Waals surface area contributed by atoms with E-state index in [1.165, 1.54) is 21.9 Å². The van der Waals surface area contributed by atoms with Crippen molar-refractivity contribution >= 4 is 28.0 Å². The number of anilines is 1. The van der Waals surface area contributed by atoms with Crippen LogP contribution in [0.5, 0.6) is 0 Å². The second-order valence-electron chi connectivity index (χ2n) is 5.64. The van der Waals surface area contributed by atoms with Crippen LogP contribution in [-0.2, 0) is 6.54 Å². The summed E-state index contributed by atoms with van der Waals surface area (Å²) in [6.45, 7) is 6.32. The maximum atomic E-state index is 12.2. The molecule has 0 bridgehead atoms. The van der Waals surface area contributed by atoms with Gasteiger partial charge in [-0.1, -0.05) is 0 Å². The van der Waals surface area contributed by atoms with Crippen LogP contribution < -0.4 is 16.2 Å². The van der Waals surface area contributed by atoms with Crippen molar-refractivity contribution in [3.8, 4) is 0 Å². The molecule has 2 amide bonds. The number of thiazole rings is 1. The highest BCUT2D eigenvalue weighted by atomic mass is 32.1. The third-order valence-electron chi connectivity index (χ3n) is 3.52. The van der Waals surface area contributed by atoms with Gasteiger partial charge in [0.05, 0.1) is 18.4 Å². The fourth-order valence-electron chi connectivity index (χ4n) is 2.46. The molecular weight excluding hydrogens is 328 g/mol. The maximum absolute atomic E-state index is 12.2. The Balaban J connectivity index is 1.65. The number of nitrogens with zero attached hydrogens (tertiary/aromatic N) is 4. The van der Waals surface area contributed by atoms with Crippen molar-refractivity contribution in [3.05, 3.63) is 45.6 Å². The molecular formula is C15H18N6O2S. The molecule has 9 heteroatoms. The van der Waals surface area contributed by atoms with E-state index in [9.17, 15) is 9.59 Å². The number of amides is 2. The van der Waals surface area contributed by atoms with E-state index in [1.807, 2.05) is 31.5 Å². The SMILES string of the molecule is Cc1cc(C)n(C[C@@H](C)NC(=O)Nc2cnc3sccn3c2=O)n1. The Morgan fingerprint density at radius 2 is 2.21 bits per heavy atom. The first-order chi connectivity index (χ1) is 11.4. The normalized spacial score (nSPS) is 12.3. The topological polar surface area (TPSA) is 93.3 Å². The average molecular weight is 346 g/mol. The van der Waals surface area contributed by atoms with E-state index >= 15 is 0 Å². The summed E-state index contributed by atoms with van der Waals surface area (Å²) >= 11 is 1.36. The minimum Gasteiger partial charge on any atom is -0.334 e. The van der Waals surface area contributed by atoms with Gasteiger partial charge < -0.3 is 10.6 Å². The summed E-state index contributed by atoms with van der Waals surface area (Å²) < 4.78 is 3.24. The molecule has 3 rings (SSSR count). The fourth-order valence-corrected chi connectivity index (χ4v) is 3.13. The molecule has 0 fully saturated rings. The zero-order valence-electron chi connectivity index (χ0n) is 13.6. The van der Waals surface area contributed by atoms with Gasteiger partial charge in [-0.3, -0.25) is 13.9 Å². The van der Waals surface area contributed by atoms with E-state index in [0.29, 0.717) is 11.5 Å². The van der Waals surface area contributed by atoms with Gasteiger partial charge in [0.1, 0.15) is 5.69 Å². The van der Waals surface area contributed by atoms with Crippen LogP contribution >= 0.6 is 11.3 Å². The second kappa shape index (κ2) is 6.44. The van der Waals surface area contributed by atoms with E-state index in [1.54, 1.807) is 11.6 Å². The lowest BCUT2D eigenvalue weighted by molar-refractivity contribution is 0.247. The molecule has 0 radical (unpaired) electrons. The molecule has 0 aliphatic carbocycles. The lowest BCUT2D eigenvalue weighted by Gasteiger charge is -2.15. The Labute approximate surface area is 142 Å². The van der Waals surface area contributed by atoms with Crippen LogP contribution in [0.1, 0.15) is 18.3 Å². The number of carbonyl (C=O) groups excluding carboxylic acids is 1. The van der Waals surface area contributed by atoms with Gasteiger partial charge in [-0.05, 0) is 26.8 Å². The third kappa shape index (κ3) is 3.30. The van der Waals surface area contributed by atoms with Crippen molar-refractivity contribution in [3.63, 3.8) is 0 Å². The van der Waals surface area contributed by atoms with Gasteiger partial charge in [0.2, 0.25) is 0 Å². The molecule has 0 saturated heterocycles. The molecule has 0 unspecified atom stereocenters. The van der Waals surface area contributed by atoms with Crippen molar-refractivity contribution in [1.82, 2.24) is 24.5 Å². The van der Waals surface area contributed by atoms with Gasteiger partial charge in [0.15, 0.2) is 4.96 Å². The summed E-state index contributed by atoms with van der Waals surface area (Å²) in [6, 6.07) is 1.39. The van der Waals surface area contributed by atoms with Gasteiger partial charge >= 0.3 is 6.03 Å². The number of aryl methyl sites for hydroxylation is 2. The van der Waals surface area contributed by atoms with E-state index < -0.39 is 6.03 Å². The standard InChI is InChI=1S/C15H18N6O2S/c1-9-6-11(3)21(19-9)8-10(2)17-14(23)18-12-7-16-15-20(13(12)22)4-5-24-15/h4-7,10H,8H2,1-3H3,(H2,17,18,23)/t10-/m1/s1. The smallest absolute Gasteiger partial charge is 0.319 e. The van der Waals surface area contributed by atoms with Gasteiger partial charge in [0.25, 0.3) is 5.56 Å². The first-order valence-corrected chi connectivity index (χ1v) is 8.35. The highest BCUT2D eigenvalue weighted by molar-refractivity contribution is 7.15. The lowest BCUT2D eigenvalue weighted by Crippen LogP contribution is -2.40. The summed E-state index contributed by atoms with van der Waals surface area (Å²) in [6.07, 6.45) is 3.00. The minimum absolute atomic E-state index is 0.140. The van der Waals surface area contributed by atoms with Crippen LogP contribution in [0, 0.1) is 13.8 Å². The predicted octanol–water partition coefficient (Wildman–Crippen LogP) is 1.78. The van der Waals surface area contributed by atoms with Crippen molar-refractivity contribution in [2.75, 3.05) is 5.32 Å². The van der Waals surface area contributed by atoms with Crippen molar-refractivity contribution in [1.29, 1.82) is 0 Å². The van der Waals surface area contributed by atoms with Gasteiger partial charge in [-0.15, -0.1) is 11.3 Å². The molecule has 0 spiro atoms. The van der Waals surface area contributed by atoms with Gasteiger partial charge in [-0.25, -0.2) is 9.78 Å². The summed E-state index contributed by atoms with van der Waals surface area (Å²) in [7, 11) is 0. The highest BCUT2D eigenvalue weighted by Crippen LogP contribution is 2.08. The number of nitrogens with one attached hydrogen (secondary N) is 2. The van der Waals surface area contributed by atoms with Crippen molar-refractivity contribution < 1.29 is 4.79 Å². The zero-order valence-corrected chi connectivity index (χ0v) is 14.4. The molecule has 1 atom stereocenters. The van der Waals surface area contributed by atoms with Gasteiger partial charge in [-0.2, -0.15) is 5.10 Å². The number of fused-ring (bicyclic) bond motifs is 1. The van der Waals surface area contributed by atoms with Crippen LogP contribution in [-0.4, -0.2) is 31.2 Å². The van der Waals surface area contributed by atoms with E-state index in [2.05, 4.69) is 20.7 Å². The summed E-state index contributed by atoms with van der Waals surface area (Å²) in [4.78, 5) is 29.1. The van der Waals surface area contributed by atoms with E-state index in [0.717, 1.165) is 11.4 Å². The third-order valence-corrected chi connectivity index (χ3v) is 4.29. The second-order valence-corrected chi connectivity index (χ2v) is 6.51. The zero-order chi connectivity index (χ0) is 17.3. The Morgan fingerprint density at radius 1 is 1.42 bits per heavy atom. The summed E-state index contributed by atoms with van der Waals surface area (Å²) in [5.41, 5.74) is 1.81. The molecule has 0 saturated carbocycles. The Hall–Kier alpha value is -2.68. The van der Waals surface area contributed by atoms with Crippen LogP contribution in [0.2, 0.25) is 0 Å². The van der Waals surface area contributed by atoms with E-state index in [4.69, 9.17) is 0 Å². The maximum Gasteiger partial charge on any atom is 0.319 e. The molecule has 3 aromatic heterocycles. The molecule has 2 N–H and O–H groups in total. The number of hydrogen-bond acceptors (Lipinski definition) is 5. The van der Waals surface area contributed by atoms with Crippen LogP contribution in [0.15, 0.2) is 28.6 Å². The van der Waals surface area contributed by atoms with Gasteiger partial charge in [0, 0.05) is 23.3 Å². The Bertz CT molecular complexity index is 941. The predicted molar refractivity (Wildman–Crippen MR) is 92.7 cm³/mol. The monoisotopic (exact) mass is 346 g/mol. The van der Waals surface area contributed by atoms with Crippen LogP contribution in [0.25, 0.3) is 4.96 Å². The molecule has 3 aromatic rings. The molecule has 24 heavy (non-hydrogen) atoms. The highest BCUT2D eigenvalue weighted by Gasteiger charge is 2.13. The number of aromatic nitrogens is 4. The first-order valence-electron chi connectivity index (χ1n) is 7.47. The number of carbonyl (C=O) groups is 1. The molecule has 0 aromatic carbocycles. The Kier molecular flexibility index (Phi) is 4.34. The average Bonchev–Trinajstić information content (AvgIpc) is 3.09. The van der Waals surface area contributed by atoms with Crippen LogP contribution in [0.3, 0.4) is 0 Å². The molecule has 3 heterocycles. The number of urea groups is 1. The van der Waals surface area contributed by atoms with E-state index in [-0.39, 0.29) is 17.3 Å². The lowest BCUT2D eigenvalue weighted by atomic mass is 10.3. The number of hydrogen-bond donors (Lipinski definition) is 2. The van der Waals surface area contributed by atoms with Crippen LogP contribution in [0.4, 0.5) is 10.5 Å².